The van der Waals surface area contributed by atoms with Gasteiger partial charge < -0.3 is 25.3 Å². The van der Waals surface area contributed by atoms with Crippen LogP contribution < -0.4 is 0 Å². The van der Waals surface area contributed by atoms with Crippen LogP contribution in [0.1, 0.15) is 6.42 Å². The Balaban J connectivity index is 2.68. The van der Waals surface area contributed by atoms with Gasteiger partial charge in [0.05, 0.1) is 19.3 Å². The van der Waals surface area contributed by atoms with E-state index >= 15 is 0 Å². The predicted molar refractivity (Wildman–Crippen MR) is 41.9 cm³/mol. The van der Waals surface area contributed by atoms with Crippen molar-refractivity contribution in [1.82, 2.24) is 5.06 Å². The molecule has 4 N–H and O–H groups in total. The van der Waals surface area contributed by atoms with Gasteiger partial charge in [-0.2, -0.15) is 5.06 Å². The molecular weight excluding hydrogens is 178 g/mol. The standard InChI is InChI=1S/C7H15NO5/c1-8(12)3-7(4-9)5(10)2-6(11)13-7/h5-6,9-12H,2-4H2,1H3/t5?,6-,7-/m1/s1. The zero-order valence-electron chi connectivity index (χ0n) is 7.42. The summed E-state index contributed by atoms with van der Waals surface area (Å²) in [5.74, 6) is 0. The molecule has 0 aromatic carbocycles. The Labute approximate surface area is 75.9 Å². The lowest BCUT2D eigenvalue weighted by molar-refractivity contribution is -0.204. The normalized spacial score (nSPS) is 40.2. The minimum Gasteiger partial charge on any atom is -0.393 e. The molecule has 6 heteroatoms. The summed E-state index contributed by atoms with van der Waals surface area (Å²) in [6, 6.07) is 0. The lowest BCUT2D eigenvalue weighted by atomic mass is 9.98. The minimum absolute atomic E-state index is 0.0500. The van der Waals surface area contributed by atoms with Crippen LogP contribution in [0.3, 0.4) is 0 Å². The van der Waals surface area contributed by atoms with Crippen LogP contribution in [0, 0.1) is 0 Å². The summed E-state index contributed by atoms with van der Waals surface area (Å²) in [5, 5.41) is 37.3. The van der Waals surface area contributed by atoms with Gasteiger partial charge in [-0.25, -0.2) is 0 Å². The highest BCUT2D eigenvalue weighted by molar-refractivity contribution is 4.95. The third-order valence-electron chi connectivity index (χ3n) is 2.17. The van der Waals surface area contributed by atoms with Gasteiger partial charge in [0.1, 0.15) is 5.60 Å². The number of nitrogens with zero attached hydrogens (tertiary/aromatic N) is 1. The Hall–Kier alpha value is -0.240. The fraction of sp³-hybridized carbons (Fsp3) is 1.00. The average Bonchev–Trinajstić information content (AvgIpc) is 2.26. The molecule has 1 rings (SSSR count). The van der Waals surface area contributed by atoms with E-state index < -0.39 is 24.6 Å². The minimum atomic E-state index is -1.27. The fourth-order valence-electron chi connectivity index (χ4n) is 1.53. The third kappa shape index (κ3) is 2.16. The summed E-state index contributed by atoms with van der Waals surface area (Å²) in [5.41, 5.74) is -1.27. The van der Waals surface area contributed by atoms with E-state index in [-0.39, 0.29) is 13.0 Å². The Bertz CT molecular complexity index is 176. The van der Waals surface area contributed by atoms with E-state index in [1.165, 1.54) is 7.05 Å². The molecule has 0 saturated carbocycles. The summed E-state index contributed by atoms with van der Waals surface area (Å²) in [6.45, 7) is -0.502. The lowest BCUT2D eigenvalue weighted by Gasteiger charge is -2.31. The maximum Gasteiger partial charge on any atom is 0.158 e. The molecule has 0 spiro atoms. The van der Waals surface area contributed by atoms with Crippen molar-refractivity contribution in [3.05, 3.63) is 0 Å². The van der Waals surface area contributed by atoms with Crippen molar-refractivity contribution in [3.63, 3.8) is 0 Å². The van der Waals surface area contributed by atoms with Gasteiger partial charge in [0.2, 0.25) is 0 Å². The van der Waals surface area contributed by atoms with Gasteiger partial charge in [0, 0.05) is 13.5 Å². The second-order valence-corrected chi connectivity index (χ2v) is 3.36. The van der Waals surface area contributed by atoms with Crippen molar-refractivity contribution in [2.24, 2.45) is 0 Å². The first-order chi connectivity index (χ1) is 6.00. The highest BCUT2D eigenvalue weighted by atomic mass is 16.6. The molecule has 1 unspecified atom stereocenters. The van der Waals surface area contributed by atoms with Gasteiger partial charge in [0.25, 0.3) is 0 Å². The van der Waals surface area contributed by atoms with Gasteiger partial charge in [-0.1, -0.05) is 0 Å². The average molecular weight is 193 g/mol. The van der Waals surface area contributed by atoms with Crippen LogP contribution in [-0.2, 0) is 4.74 Å². The third-order valence-corrected chi connectivity index (χ3v) is 2.17. The second-order valence-electron chi connectivity index (χ2n) is 3.36. The highest BCUT2D eigenvalue weighted by Crippen LogP contribution is 2.29. The first kappa shape index (κ1) is 10.8. The SMILES string of the molecule is CN(O)C[C@]1(CO)O[C@@H](O)CC1O. The number of likely N-dealkylation sites (N-methyl/N-ethyl adjacent to an activating group) is 1. The Kier molecular flexibility index (Phi) is 3.23. The molecule has 0 amide bonds. The zero-order valence-corrected chi connectivity index (χ0v) is 7.42. The van der Waals surface area contributed by atoms with E-state index in [1.54, 1.807) is 0 Å². The number of aliphatic hydroxyl groups is 3. The first-order valence-electron chi connectivity index (χ1n) is 4.05. The molecule has 0 bridgehead atoms. The van der Waals surface area contributed by atoms with Crippen molar-refractivity contribution in [2.75, 3.05) is 20.2 Å². The summed E-state index contributed by atoms with van der Waals surface area (Å²) in [6.07, 6.45) is -2.00. The maximum atomic E-state index is 9.48. The summed E-state index contributed by atoms with van der Waals surface area (Å²) >= 11 is 0. The van der Waals surface area contributed by atoms with E-state index in [2.05, 4.69) is 0 Å². The van der Waals surface area contributed by atoms with Crippen molar-refractivity contribution >= 4 is 0 Å². The topological polar surface area (TPSA) is 93.4 Å². The summed E-state index contributed by atoms with van der Waals surface area (Å²) in [4.78, 5) is 0. The zero-order chi connectivity index (χ0) is 10.1. The monoisotopic (exact) mass is 193 g/mol. The smallest absolute Gasteiger partial charge is 0.158 e. The Morgan fingerprint density at radius 2 is 2.15 bits per heavy atom. The van der Waals surface area contributed by atoms with Crippen LogP contribution in [0.2, 0.25) is 0 Å². The van der Waals surface area contributed by atoms with Crippen molar-refractivity contribution < 1.29 is 25.3 Å². The van der Waals surface area contributed by atoms with E-state index in [1.807, 2.05) is 0 Å². The molecule has 13 heavy (non-hydrogen) atoms. The molecular formula is C7H15NO5. The van der Waals surface area contributed by atoms with E-state index in [4.69, 9.17) is 20.2 Å². The highest BCUT2D eigenvalue weighted by Gasteiger charge is 2.48. The summed E-state index contributed by atoms with van der Waals surface area (Å²) in [7, 11) is 1.37. The molecule has 0 aliphatic carbocycles. The van der Waals surface area contributed by atoms with Crippen molar-refractivity contribution in [1.29, 1.82) is 0 Å². The first-order valence-corrected chi connectivity index (χ1v) is 4.05. The number of hydrogen-bond acceptors (Lipinski definition) is 6. The summed E-state index contributed by atoms with van der Waals surface area (Å²) < 4.78 is 4.98. The molecule has 78 valence electrons. The van der Waals surface area contributed by atoms with E-state index in [9.17, 15) is 5.11 Å². The molecule has 0 aromatic heterocycles. The molecule has 0 radical (unpaired) electrons. The molecule has 1 heterocycles. The fourth-order valence-corrected chi connectivity index (χ4v) is 1.53. The van der Waals surface area contributed by atoms with E-state index in [0.717, 1.165) is 5.06 Å². The van der Waals surface area contributed by atoms with Crippen LogP contribution >= 0.6 is 0 Å². The van der Waals surface area contributed by atoms with Crippen molar-refractivity contribution in [3.8, 4) is 0 Å². The number of hydroxylamine groups is 2. The molecule has 1 saturated heterocycles. The maximum absolute atomic E-state index is 9.48. The number of aliphatic hydroxyl groups excluding tert-OH is 3. The van der Waals surface area contributed by atoms with Gasteiger partial charge in [0.15, 0.2) is 6.29 Å². The number of rotatable bonds is 3. The largest absolute Gasteiger partial charge is 0.393 e. The van der Waals surface area contributed by atoms with E-state index in [0.29, 0.717) is 0 Å². The van der Waals surface area contributed by atoms with Gasteiger partial charge in [-0.05, 0) is 0 Å². The van der Waals surface area contributed by atoms with Crippen LogP contribution in [-0.4, -0.2) is 63.8 Å². The Morgan fingerprint density at radius 1 is 1.54 bits per heavy atom. The van der Waals surface area contributed by atoms with Gasteiger partial charge in [-0.15, -0.1) is 0 Å². The molecule has 1 aliphatic heterocycles. The van der Waals surface area contributed by atoms with Gasteiger partial charge >= 0.3 is 0 Å². The number of hydrogen-bond donors (Lipinski definition) is 4. The molecule has 1 fully saturated rings. The van der Waals surface area contributed by atoms with Gasteiger partial charge in [-0.3, -0.25) is 0 Å². The predicted octanol–water partition coefficient (Wildman–Crippen LogP) is -1.86. The quantitative estimate of drug-likeness (QED) is 0.393. The second kappa shape index (κ2) is 3.87. The molecule has 1 aliphatic rings. The molecule has 6 nitrogen and oxygen atoms in total. The van der Waals surface area contributed by atoms with Crippen LogP contribution in [0.4, 0.5) is 0 Å². The van der Waals surface area contributed by atoms with Crippen molar-refractivity contribution in [2.45, 2.75) is 24.4 Å². The van der Waals surface area contributed by atoms with Crippen LogP contribution in [0.25, 0.3) is 0 Å². The lowest BCUT2D eigenvalue weighted by Crippen LogP contribution is -2.51. The van der Waals surface area contributed by atoms with Crippen LogP contribution in [0.15, 0.2) is 0 Å². The Morgan fingerprint density at radius 3 is 2.46 bits per heavy atom. The molecule has 0 aromatic rings. The van der Waals surface area contributed by atoms with Crippen LogP contribution in [0.5, 0.6) is 0 Å². The number of ether oxygens (including phenoxy) is 1. The molecule has 3 atom stereocenters.